The molecule has 1 aliphatic heterocycles. The molecule has 2 N–H and O–H groups in total. The number of para-hydroxylation sites is 1. The summed E-state index contributed by atoms with van der Waals surface area (Å²) >= 11 is 0. The summed E-state index contributed by atoms with van der Waals surface area (Å²) in [5, 5.41) is 5.18. The van der Waals surface area contributed by atoms with Crippen LogP contribution in [0, 0.1) is 12.3 Å². The monoisotopic (exact) mass is 375 g/mol. The molecule has 1 heterocycles. The highest BCUT2D eigenvalue weighted by atomic mass is 16.2. The molecular formula is C21H17N3O4. The second-order valence-electron chi connectivity index (χ2n) is 6.04. The molecular weight excluding hydrogens is 358 g/mol. The summed E-state index contributed by atoms with van der Waals surface area (Å²) in [4.78, 5) is 50.2. The first-order valence-corrected chi connectivity index (χ1v) is 8.58. The van der Waals surface area contributed by atoms with E-state index in [0.29, 0.717) is 16.8 Å². The lowest BCUT2D eigenvalue weighted by Gasteiger charge is -2.14. The molecule has 0 aliphatic carbocycles. The molecule has 0 spiro atoms. The number of imide groups is 1. The molecule has 0 bridgehead atoms. The zero-order chi connectivity index (χ0) is 20.1. The number of benzene rings is 2. The summed E-state index contributed by atoms with van der Waals surface area (Å²) in [5.41, 5.74) is 1.27. The maximum atomic E-state index is 12.3. The summed E-state index contributed by atoms with van der Waals surface area (Å²) in [6.45, 7) is 0.0183. The molecule has 4 amide bonds. The Kier molecular flexibility index (Phi) is 5.51. The van der Waals surface area contributed by atoms with Crippen molar-refractivity contribution in [3.63, 3.8) is 0 Å². The minimum absolute atomic E-state index is 0.0519. The first-order valence-electron chi connectivity index (χ1n) is 8.58. The molecule has 0 aromatic heterocycles. The van der Waals surface area contributed by atoms with Gasteiger partial charge >= 0.3 is 0 Å². The van der Waals surface area contributed by atoms with Crippen LogP contribution in [0.5, 0.6) is 0 Å². The molecule has 1 aliphatic rings. The summed E-state index contributed by atoms with van der Waals surface area (Å²) in [6.07, 6.45) is 5.04. The van der Waals surface area contributed by atoms with Gasteiger partial charge in [0.15, 0.2) is 0 Å². The summed E-state index contributed by atoms with van der Waals surface area (Å²) < 4.78 is 0. The number of carbonyl (C=O) groups excluding carboxylic acids is 4. The van der Waals surface area contributed by atoms with Crippen LogP contribution in [-0.4, -0.2) is 41.6 Å². The number of hydrogen-bond donors (Lipinski definition) is 2. The van der Waals surface area contributed by atoms with Crippen LogP contribution in [0.2, 0.25) is 0 Å². The Bertz CT molecular complexity index is 972. The molecule has 2 aromatic rings. The number of carbonyl (C=O) groups is 4. The lowest BCUT2D eigenvalue weighted by molar-refractivity contribution is -0.116. The van der Waals surface area contributed by atoms with E-state index in [1.165, 1.54) is 0 Å². The second-order valence-corrected chi connectivity index (χ2v) is 6.04. The van der Waals surface area contributed by atoms with Crippen molar-refractivity contribution in [2.75, 3.05) is 18.4 Å². The Balaban J connectivity index is 1.63. The molecule has 28 heavy (non-hydrogen) atoms. The lowest BCUT2D eigenvalue weighted by Crippen LogP contribution is -2.33. The maximum Gasteiger partial charge on any atom is 0.261 e. The average molecular weight is 375 g/mol. The maximum absolute atomic E-state index is 12.3. The van der Waals surface area contributed by atoms with Crippen molar-refractivity contribution in [1.82, 2.24) is 10.2 Å². The zero-order valence-corrected chi connectivity index (χ0v) is 14.9. The van der Waals surface area contributed by atoms with E-state index in [4.69, 9.17) is 6.42 Å². The number of rotatable bonds is 6. The Labute approximate surface area is 161 Å². The summed E-state index contributed by atoms with van der Waals surface area (Å²) in [6, 6.07) is 13.0. The van der Waals surface area contributed by atoms with E-state index in [9.17, 15) is 19.2 Å². The Hall–Kier alpha value is -3.92. The Morgan fingerprint density at radius 1 is 0.964 bits per heavy atom. The molecule has 0 saturated heterocycles. The van der Waals surface area contributed by atoms with Gasteiger partial charge in [-0.05, 0) is 24.3 Å². The molecule has 0 atom stereocenters. The molecule has 3 rings (SSSR count). The topological polar surface area (TPSA) is 95.6 Å². The van der Waals surface area contributed by atoms with Crippen LogP contribution in [0.4, 0.5) is 5.69 Å². The molecule has 0 radical (unpaired) electrons. The molecule has 0 saturated carbocycles. The van der Waals surface area contributed by atoms with Crippen molar-refractivity contribution in [3.05, 3.63) is 65.2 Å². The van der Waals surface area contributed by atoms with E-state index in [1.807, 2.05) is 0 Å². The van der Waals surface area contributed by atoms with Gasteiger partial charge in [0.05, 0.1) is 28.9 Å². The minimum atomic E-state index is -0.422. The summed E-state index contributed by atoms with van der Waals surface area (Å²) in [5.74, 6) is 0.648. The van der Waals surface area contributed by atoms with Crippen LogP contribution < -0.4 is 10.6 Å². The second kappa shape index (κ2) is 8.18. The fourth-order valence-electron chi connectivity index (χ4n) is 2.88. The van der Waals surface area contributed by atoms with E-state index < -0.39 is 23.6 Å². The van der Waals surface area contributed by atoms with Crippen molar-refractivity contribution >= 4 is 29.3 Å². The number of nitrogens with zero attached hydrogens (tertiary/aromatic N) is 1. The standard InChI is InChI=1S/C21H17N3O4/c1-2-12-22-19(26)16-9-5-6-10-17(16)23-18(25)11-13-24-20(27)14-7-3-4-8-15(14)21(24)28/h1,3-10H,11-13H2,(H,22,26)(H,23,25). The van der Waals surface area contributed by atoms with Gasteiger partial charge in [-0.2, -0.15) is 0 Å². The minimum Gasteiger partial charge on any atom is -0.341 e. The van der Waals surface area contributed by atoms with Gasteiger partial charge in [0.1, 0.15) is 0 Å². The van der Waals surface area contributed by atoms with Crippen LogP contribution in [0.3, 0.4) is 0 Å². The SMILES string of the molecule is C#CCNC(=O)c1ccccc1NC(=O)CCN1C(=O)c2ccccc2C1=O. The Morgan fingerprint density at radius 3 is 2.21 bits per heavy atom. The first kappa shape index (κ1) is 18.9. The average Bonchev–Trinajstić information content (AvgIpc) is 2.95. The van der Waals surface area contributed by atoms with Gasteiger partial charge < -0.3 is 10.6 Å². The third kappa shape index (κ3) is 3.76. The highest BCUT2D eigenvalue weighted by Crippen LogP contribution is 2.22. The highest BCUT2D eigenvalue weighted by molar-refractivity contribution is 6.21. The normalized spacial score (nSPS) is 12.3. The molecule has 140 valence electrons. The summed E-state index contributed by atoms with van der Waals surface area (Å²) in [7, 11) is 0. The molecule has 0 unspecified atom stereocenters. The van der Waals surface area contributed by atoms with Crippen LogP contribution in [-0.2, 0) is 4.79 Å². The third-order valence-corrected chi connectivity index (χ3v) is 4.24. The molecule has 7 nitrogen and oxygen atoms in total. The smallest absolute Gasteiger partial charge is 0.261 e. The molecule has 2 aromatic carbocycles. The zero-order valence-electron chi connectivity index (χ0n) is 14.9. The van der Waals surface area contributed by atoms with Gasteiger partial charge in [0.25, 0.3) is 17.7 Å². The quantitative estimate of drug-likeness (QED) is 0.593. The Morgan fingerprint density at radius 2 is 1.57 bits per heavy atom. The van der Waals surface area contributed by atoms with Gasteiger partial charge in [-0.3, -0.25) is 24.1 Å². The number of anilines is 1. The van der Waals surface area contributed by atoms with Gasteiger partial charge in [0, 0.05) is 13.0 Å². The van der Waals surface area contributed by atoms with Crippen molar-refractivity contribution in [1.29, 1.82) is 0 Å². The predicted octanol–water partition coefficient (Wildman–Crippen LogP) is 1.67. The van der Waals surface area contributed by atoms with Gasteiger partial charge in [-0.25, -0.2) is 0 Å². The number of fused-ring (bicyclic) bond motifs is 1. The van der Waals surface area contributed by atoms with Crippen molar-refractivity contribution in [3.8, 4) is 12.3 Å². The van der Waals surface area contributed by atoms with E-state index >= 15 is 0 Å². The third-order valence-electron chi connectivity index (χ3n) is 4.24. The van der Waals surface area contributed by atoms with E-state index in [0.717, 1.165) is 4.90 Å². The van der Waals surface area contributed by atoms with Gasteiger partial charge in [-0.1, -0.05) is 30.2 Å². The number of amides is 4. The van der Waals surface area contributed by atoms with Crippen molar-refractivity contribution in [2.45, 2.75) is 6.42 Å². The van der Waals surface area contributed by atoms with Crippen LogP contribution in [0.1, 0.15) is 37.5 Å². The van der Waals surface area contributed by atoms with Crippen LogP contribution in [0.25, 0.3) is 0 Å². The van der Waals surface area contributed by atoms with Crippen molar-refractivity contribution < 1.29 is 19.2 Å². The molecule has 7 heteroatoms. The van der Waals surface area contributed by atoms with E-state index in [1.54, 1.807) is 48.5 Å². The fourth-order valence-corrected chi connectivity index (χ4v) is 2.88. The van der Waals surface area contributed by atoms with Crippen LogP contribution >= 0.6 is 0 Å². The number of terminal acetylenes is 1. The van der Waals surface area contributed by atoms with Crippen molar-refractivity contribution in [2.24, 2.45) is 0 Å². The fraction of sp³-hybridized carbons (Fsp3) is 0.143. The lowest BCUT2D eigenvalue weighted by atomic mass is 10.1. The van der Waals surface area contributed by atoms with E-state index in [2.05, 4.69) is 16.6 Å². The van der Waals surface area contributed by atoms with E-state index in [-0.39, 0.29) is 25.1 Å². The number of nitrogens with one attached hydrogen (secondary N) is 2. The largest absolute Gasteiger partial charge is 0.341 e. The predicted molar refractivity (Wildman–Crippen MR) is 103 cm³/mol. The first-order chi connectivity index (χ1) is 13.5. The van der Waals surface area contributed by atoms with Gasteiger partial charge in [0.2, 0.25) is 5.91 Å². The molecule has 0 fully saturated rings. The van der Waals surface area contributed by atoms with Crippen LogP contribution in [0.15, 0.2) is 48.5 Å². The van der Waals surface area contributed by atoms with Gasteiger partial charge in [-0.15, -0.1) is 6.42 Å². The highest BCUT2D eigenvalue weighted by Gasteiger charge is 2.34. The number of hydrogen-bond acceptors (Lipinski definition) is 4.